The van der Waals surface area contributed by atoms with E-state index < -0.39 is 5.41 Å². The molecule has 0 aliphatic heterocycles. The number of aldehydes is 1. The van der Waals surface area contributed by atoms with Crippen molar-refractivity contribution in [2.24, 2.45) is 5.41 Å². The van der Waals surface area contributed by atoms with Crippen molar-refractivity contribution in [2.45, 2.75) is 25.1 Å². The van der Waals surface area contributed by atoms with Crippen LogP contribution < -0.4 is 10.6 Å². The van der Waals surface area contributed by atoms with Crippen LogP contribution in [0, 0.1) is 5.41 Å². The summed E-state index contributed by atoms with van der Waals surface area (Å²) in [5.41, 5.74) is 0.681. The van der Waals surface area contributed by atoms with Gasteiger partial charge >= 0.3 is 0 Å². The quantitative estimate of drug-likeness (QED) is 0.478. The summed E-state index contributed by atoms with van der Waals surface area (Å²) in [4.78, 5) is 34.6. The van der Waals surface area contributed by atoms with Crippen LogP contribution in [0.25, 0.3) is 0 Å². The Bertz CT molecular complexity index is 538. The molecule has 112 valence electrons. The van der Waals surface area contributed by atoms with E-state index >= 15 is 0 Å². The van der Waals surface area contributed by atoms with Gasteiger partial charge in [0.1, 0.15) is 11.7 Å². The van der Waals surface area contributed by atoms with Gasteiger partial charge in [0.2, 0.25) is 11.8 Å². The lowest BCUT2D eigenvalue weighted by Gasteiger charge is -2.34. The number of nitrogens with one attached hydrogen (secondary N) is 2. The molecule has 21 heavy (non-hydrogen) atoms. The fourth-order valence-electron chi connectivity index (χ4n) is 2.18. The van der Waals surface area contributed by atoms with Gasteiger partial charge in [-0.05, 0) is 30.5 Å². The zero-order chi connectivity index (χ0) is 15.3. The molecule has 2 N–H and O–H groups in total. The van der Waals surface area contributed by atoms with Gasteiger partial charge < -0.3 is 15.4 Å². The van der Waals surface area contributed by atoms with Gasteiger partial charge in [-0.1, -0.05) is 18.6 Å². The van der Waals surface area contributed by atoms with E-state index in [0.717, 1.165) is 12.0 Å². The molecule has 6 heteroatoms. The van der Waals surface area contributed by atoms with Crippen molar-refractivity contribution in [2.75, 3.05) is 11.9 Å². The van der Waals surface area contributed by atoms with Crippen molar-refractivity contribution in [1.82, 2.24) is 5.32 Å². The number of hydrogen-bond acceptors (Lipinski definition) is 3. The molecule has 1 fully saturated rings. The lowest BCUT2D eigenvalue weighted by molar-refractivity contribution is -0.142. The van der Waals surface area contributed by atoms with Crippen LogP contribution in [-0.4, -0.2) is 24.6 Å². The standard InChI is InChI=1S/C15H17ClN2O3/c16-8-11-2-4-12(5-3-11)18-13(20)9-17-14(21)15(10-19)6-1-7-15/h2-5,10H,1,6-9H2,(H,17,21)(H,18,20). The number of anilines is 1. The molecule has 0 aromatic heterocycles. The maximum atomic E-state index is 11.9. The van der Waals surface area contributed by atoms with Gasteiger partial charge in [0.15, 0.2) is 0 Å². The molecule has 2 rings (SSSR count). The topological polar surface area (TPSA) is 75.3 Å². The van der Waals surface area contributed by atoms with Crippen molar-refractivity contribution in [3.05, 3.63) is 29.8 Å². The Kier molecular flexibility index (Phi) is 4.96. The predicted molar refractivity (Wildman–Crippen MR) is 80.0 cm³/mol. The second kappa shape index (κ2) is 6.72. The van der Waals surface area contributed by atoms with Crippen molar-refractivity contribution in [3.8, 4) is 0 Å². The van der Waals surface area contributed by atoms with E-state index in [-0.39, 0.29) is 18.4 Å². The minimum absolute atomic E-state index is 0.147. The van der Waals surface area contributed by atoms with Crippen molar-refractivity contribution in [3.63, 3.8) is 0 Å². The van der Waals surface area contributed by atoms with Crippen molar-refractivity contribution in [1.29, 1.82) is 0 Å². The molecule has 0 bridgehead atoms. The summed E-state index contributed by atoms with van der Waals surface area (Å²) < 4.78 is 0. The first-order valence-corrected chi connectivity index (χ1v) is 7.32. The summed E-state index contributed by atoms with van der Waals surface area (Å²) in [5.74, 6) is -0.281. The molecule has 0 atom stereocenters. The molecular formula is C15H17ClN2O3. The van der Waals surface area contributed by atoms with Crippen LogP contribution in [0.3, 0.4) is 0 Å². The van der Waals surface area contributed by atoms with E-state index in [0.29, 0.717) is 30.7 Å². The summed E-state index contributed by atoms with van der Waals surface area (Å²) in [6, 6.07) is 7.13. The normalized spacial score (nSPS) is 15.7. The lowest BCUT2D eigenvalue weighted by atomic mass is 9.69. The number of carbonyl (C=O) groups excluding carboxylic acids is 3. The predicted octanol–water partition coefficient (Wildman–Crippen LogP) is 1.85. The summed E-state index contributed by atoms with van der Waals surface area (Å²) in [6.07, 6.45) is 2.67. The number of rotatable bonds is 6. The molecule has 0 unspecified atom stereocenters. The average Bonchev–Trinajstić information content (AvgIpc) is 2.45. The summed E-state index contributed by atoms with van der Waals surface area (Å²) in [7, 11) is 0. The first-order chi connectivity index (χ1) is 10.1. The van der Waals surface area contributed by atoms with Crippen LogP contribution in [0.1, 0.15) is 24.8 Å². The Labute approximate surface area is 128 Å². The zero-order valence-corrected chi connectivity index (χ0v) is 12.3. The van der Waals surface area contributed by atoms with Crippen LogP contribution in [0.15, 0.2) is 24.3 Å². The number of hydrogen-bond donors (Lipinski definition) is 2. The molecule has 0 saturated heterocycles. The molecular weight excluding hydrogens is 292 g/mol. The molecule has 0 spiro atoms. The van der Waals surface area contributed by atoms with Crippen LogP contribution in [0.5, 0.6) is 0 Å². The highest BCUT2D eigenvalue weighted by Gasteiger charge is 2.44. The Hall–Kier alpha value is -1.88. The SMILES string of the molecule is O=CC1(C(=O)NCC(=O)Nc2ccc(CCl)cc2)CCC1. The maximum absolute atomic E-state index is 11.9. The smallest absolute Gasteiger partial charge is 0.243 e. The highest BCUT2D eigenvalue weighted by Crippen LogP contribution is 2.38. The fraction of sp³-hybridized carbons (Fsp3) is 0.400. The van der Waals surface area contributed by atoms with Crippen LogP contribution >= 0.6 is 11.6 Å². The highest BCUT2D eigenvalue weighted by atomic mass is 35.5. The fourth-order valence-corrected chi connectivity index (χ4v) is 2.35. The highest BCUT2D eigenvalue weighted by molar-refractivity contribution is 6.17. The van der Waals surface area contributed by atoms with Crippen LogP contribution in [0.4, 0.5) is 5.69 Å². The summed E-state index contributed by atoms with van der Waals surface area (Å²) >= 11 is 5.68. The van der Waals surface area contributed by atoms with Gasteiger partial charge in [-0.3, -0.25) is 9.59 Å². The minimum atomic E-state index is -0.914. The number of halogens is 1. The van der Waals surface area contributed by atoms with E-state index in [1.54, 1.807) is 12.1 Å². The number of amides is 2. The Morgan fingerprint density at radius 2 is 1.90 bits per heavy atom. The van der Waals surface area contributed by atoms with Gasteiger partial charge in [-0.15, -0.1) is 11.6 Å². The van der Waals surface area contributed by atoms with E-state index in [4.69, 9.17) is 11.6 Å². The third kappa shape index (κ3) is 3.61. The molecule has 5 nitrogen and oxygen atoms in total. The number of alkyl halides is 1. The van der Waals surface area contributed by atoms with Gasteiger partial charge in [0.05, 0.1) is 6.54 Å². The molecule has 1 aliphatic rings. The van der Waals surface area contributed by atoms with E-state index in [9.17, 15) is 14.4 Å². The van der Waals surface area contributed by atoms with Crippen molar-refractivity contribution >= 4 is 35.4 Å². The van der Waals surface area contributed by atoms with Gasteiger partial charge in [0.25, 0.3) is 0 Å². The van der Waals surface area contributed by atoms with Crippen molar-refractivity contribution < 1.29 is 14.4 Å². The second-order valence-electron chi connectivity index (χ2n) is 5.19. The molecule has 1 aromatic rings. The third-order valence-electron chi connectivity index (χ3n) is 3.73. The molecule has 0 radical (unpaired) electrons. The minimum Gasteiger partial charge on any atom is -0.346 e. The Balaban J connectivity index is 1.81. The molecule has 0 heterocycles. The molecule has 2 amide bonds. The van der Waals surface area contributed by atoms with E-state index in [2.05, 4.69) is 10.6 Å². The summed E-state index contributed by atoms with van der Waals surface area (Å²) in [5, 5.41) is 5.18. The third-order valence-corrected chi connectivity index (χ3v) is 4.03. The van der Waals surface area contributed by atoms with E-state index in [1.165, 1.54) is 0 Å². The largest absolute Gasteiger partial charge is 0.346 e. The Morgan fingerprint density at radius 1 is 1.24 bits per heavy atom. The molecule has 1 saturated carbocycles. The van der Waals surface area contributed by atoms with Crippen LogP contribution in [0.2, 0.25) is 0 Å². The zero-order valence-electron chi connectivity index (χ0n) is 11.5. The van der Waals surface area contributed by atoms with Gasteiger partial charge in [0, 0.05) is 11.6 Å². The maximum Gasteiger partial charge on any atom is 0.243 e. The van der Waals surface area contributed by atoms with Gasteiger partial charge in [-0.25, -0.2) is 0 Å². The number of carbonyl (C=O) groups is 3. The average molecular weight is 309 g/mol. The number of benzene rings is 1. The lowest BCUT2D eigenvalue weighted by Crippen LogP contribution is -2.48. The monoisotopic (exact) mass is 308 g/mol. The second-order valence-corrected chi connectivity index (χ2v) is 5.46. The first-order valence-electron chi connectivity index (χ1n) is 6.79. The molecule has 1 aromatic carbocycles. The van der Waals surface area contributed by atoms with Crippen LogP contribution in [-0.2, 0) is 20.3 Å². The first kappa shape index (κ1) is 15.5. The summed E-state index contributed by atoms with van der Waals surface area (Å²) in [6.45, 7) is -0.147. The Morgan fingerprint density at radius 3 is 2.38 bits per heavy atom. The molecule has 1 aliphatic carbocycles. The van der Waals surface area contributed by atoms with Gasteiger partial charge in [-0.2, -0.15) is 0 Å². The van der Waals surface area contributed by atoms with E-state index in [1.807, 2.05) is 12.1 Å².